The maximum absolute atomic E-state index is 11.3. The second kappa shape index (κ2) is 5.26. The molecule has 5 N–H and O–H groups in total. The van der Waals surface area contributed by atoms with Crippen molar-refractivity contribution in [2.24, 2.45) is 0 Å². The minimum absolute atomic E-state index is 0.390. The van der Waals surface area contributed by atoms with Crippen molar-refractivity contribution >= 4 is 11.9 Å². The fourth-order valence-corrected chi connectivity index (χ4v) is 2.60. The van der Waals surface area contributed by atoms with Crippen molar-refractivity contribution in [1.29, 1.82) is 0 Å². The van der Waals surface area contributed by atoms with Crippen LogP contribution in [-0.2, 0) is 19.1 Å². The molecular weight excluding hydrogens is 274 g/mol. The van der Waals surface area contributed by atoms with E-state index in [-0.39, 0.29) is 0 Å². The van der Waals surface area contributed by atoms with Crippen molar-refractivity contribution in [2.75, 3.05) is 6.61 Å². The molecule has 0 aliphatic carbocycles. The Morgan fingerprint density at radius 3 is 2.60 bits per heavy atom. The van der Waals surface area contributed by atoms with Crippen LogP contribution in [0.5, 0.6) is 0 Å². The monoisotopic (exact) mass is 291 g/mol. The highest BCUT2D eigenvalue weighted by Crippen LogP contribution is 2.41. The lowest BCUT2D eigenvalue weighted by Crippen LogP contribution is -2.60. The van der Waals surface area contributed by atoms with Gasteiger partial charge in [0, 0.05) is 13.3 Å². The zero-order chi connectivity index (χ0) is 15.1. The Kier molecular flexibility index (Phi) is 3.98. The van der Waals surface area contributed by atoms with Crippen molar-refractivity contribution in [3.05, 3.63) is 0 Å². The van der Waals surface area contributed by atoms with Gasteiger partial charge in [0.05, 0.1) is 18.8 Å². The Balaban J connectivity index is 2.30. The zero-order valence-electron chi connectivity index (χ0n) is 10.7. The molecular formula is C11H17NO8. The van der Waals surface area contributed by atoms with E-state index < -0.39 is 61.1 Å². The Bertz CT molecular complexity index is 415. The molecule has 6 atom stereocenters. The van der Waals surface area contributed by atoms with Gasteiger partial charge in [-0.05, 0) is 0 Å². The van der Waals surface area contributed by atoms with Crippen molar-refractivity contribution < 1.29 is 39.5 Å². The van der Waals surface area contributed by atoms with Crippen LogP contribution in [0.25, 0.3) is 0 Å². The number of hydrogen-bond acceptors (Lipinski definition) is 7. The molecule has 1 unspecified atom stereocenters. The first kappa shape index (κ1) is 15.1. The molecule has 0 aromatic rings. The van der Waals surface area contributed by atoms with E-state index in [0.717, 1.165) is 0 Å². The van der Waals surface area contributed by atoms with Gasteiger partial charge in [-0.25, -0.2) is 4.79 Å². The summed E-state index contributed by atoms with van der Waals surface area (Å²) in [4.78, 5) is 22.4. The van der Waals surface area contributed by atoms with Crippen molar-refractivity contribution in [3.8, 4) is 0 Å². The smallest absolute Gasteiger partial charge is 0.364 e. The summed E-state index contributed by atoms with van der Waals surface area (Å²) in [5, 5.41) is 40.3. The van der Waals surface area contributed by atoms with Crippen molar-refractivity contribution in [1.82, 2.24) is 5.32 Å². The Hall–Kier alpha value is -1.26. The van der Waals surface area contributed by atoms with Crippen LogP contribution >= 0.6 is 0 Å². The molecule has 2 fully saturated rings. The Labute approximate surface area is 114 Å². The molecule has 9 nitrogen and oxygen atoms in total. The molecule has 2 aliphatic rings. The molecule has 1 amide bonds. The summed E-state index contributed by atoms with van der Waals surface area (Å²) in [6.07, 6.45) is -5.21. The lowest BCUT2D eigenvalue weighted by molar-refractivity contribution is -0.234. The maximum Gasteiger partial charge on any atom is 0.364 e. The summed E-state index contributed by atoms with van der Waals surface area (Å²) in [7, 11) is 0. The van der Waals surface area contributed by atoms with E-state index in [1.165, 1.54) is 6.92 Å². The summed E-state index contributed by atoms with van der Waals surface area (Å²) in [6, 6.07) is -0.923. The fourth-order valence-electron chi connectivity index (χ4n) is 2.60. The van der Waals surface area contributed by atoms with Crippen LogP contribution in [0, 0.1) is 0 Å². The first-order chi connectivity index (χ1) is 9.30. The third-order valence-electron chi connectivity index (χ3n) is 3.49. The van der Waals surface area contributed by atoms with Gasteiger partial charge in [-0.3, -0.25) is 4.79 Å². The molecule has 2 saturated heterocycles. The second-order valence-electron chi connectivity index (χ2n) is 4.97. The number of amides is 1. The molecule has 0 spiro atoms. The Morgan fingerprint density at radius 1 is 1.45 bits per heavy atom. The molecule has 114 valence electrons. The lowest BCUT2D eigenvalue weighted by atomic mass is 9.92. The number of aliphatic hydroxyl groups is 3. The van der Waals surface area contributed by atoms with Crippen LogP contribution in [0.4, 0.5) is 0 Å². The summed E-state index contributed by atoms with van der Waals surface area (Å²) in [5.41, 5.74) is 0. The third-order valence-corrected chi connectivity index (χ3v) is 3.49. The van der Waals surface area contributed by atoms with Gasteiger partial charge in [-0.1, -0.05) is 0 Å². The van der Waals surface area contributed by atoms with Crippen molar-refractivity contribution in [3.63, 3.8) is 0 Å². The summed E-state index contributed by atoms with van der Waals surface area (Å²) in [6.45, 7) is 0.572. The number of aliphatic hydroxyl groups excluding tert-OH is 3. The van der Waals surface area contributed by atoms with Gasteiger partial charge in [0.25, 0.3) is 5.79 Å². The van der Waals surface area contributed by atoms with E-state index in [2.05, 4.69) is 5.32 Å². The summed E-state index contributed by atoms with van der Waals surface area (Å²) in [5.74, 6) is -3.94. The number of carboxylic acid groups (broad SMARTS) is 1. The predicted octanol–water partition coefficient (Wildman–Crippen LogP) is -2.83. The fraction of sp³-hybridized carbons (Fsp3) is 0.818. The molecule has 0 radical (unpaired) electrons. The maximum atomic E-state index is 11.3. The highest BCUT2D eigenvalue weighted by atomic mass is 16.8. The normalized spacial score (nSPS) is 41.2. The number of aliphatic carboxylic acids is 1. The number of hydrogen-bond donors (Lipinski definition) is 5. The number of rotatable bonds is 4. The minimum atomic E-state index is -2.07. The molecule has 2 rings (SSSR count). The predicted molar refractivity (Wildman–Crippen MR) is 61.4 cm³/mol. The average Bonchev–Trinajstić information content (AvgIpc) is 2.70. The molecule has 0 aromatic heterocycles. The van der Waals surface area contributed by atoms with Crippen LogP contribution in [-0.4, -0.2) is 75.2 Å². The highest BCUT2D eigenvalue weighted by Gasteiger charge is 2.63. The number of fused-ring (bicyclic) bond motifs is 2. The summed E-state index contributed by atoms with van der Waals surface area (Å²) >= 11 is 0. The van der Waals surface area contributed by atoms with Gasteiger partial charge in [-0.2, -0.15) is 0 Å². The Morgan fingerprint density at radius 2 is 2.10 bits per heavy atom. The first-order valence-corrected chi connectivity index (χ1v) is 6.14. The first-order valence-electron chi connectivity index (χ1n) is 6.14. The molecule has 20 heavy (non-hydrogen) atoms. The van der Waals surface area contributed by atoms with E-state index in [0.29, 0.717) is 0 Å². The topological polar surface area (TPSA) is 146 Å². The van der Waals surface area contributed by atoms with Crippen molar-refractivity contribution in [2.45, 2.75) is 49.6 Å². The highest BCUT2D eigenvalue weighted by molar-refractivity contribution is 5.77. The van der Waals surface area contributed by atoms with E-state index in [1.54, 1.807) is 0 Å². The quantitative estimate of drug-likeness (QED) is 0.373. The molecule has 2 aliphatic heterocycles. The van der Waals surface area contributed by atoms with E-state index >= 15 is 0 Å². The van der Waals surface area contributed by atoms with Crippen LogP contribution < -0.4 is 5.32 Å². The van der Waals surface area contributed by atoms with Gasteiger partial charge in [0.2, 0.25) is 5.91 Å². The number of carbonyl (C=O) groups is 2. The number of carboxylic acids is 1. The third kappa shape index (κ3) is 2.38. The number of carbonyl (C=O) groups excluding carboxylic acids is 1. The van der Waals surface area contributed by atoms with Gasteiger partial charge >= 0.3 is 5.97 Å². The van der Waals surface area contributed by atoms with E-state index in [9.17, 15) is 24.9 Å². The average molecular weight is 291 g/mol. The number of nitrogens with one attached hydrogen (secondary N) is 1. The van der Waals surface area contributed by atoms with Gasteiger partial charge < -0.3 is 35.2 Å². The van der Waals surface area contributed by atoms with Crippen LogP contribution in [0.15, 0.2) is 0 Å². The van der Waals surface area contributed by atoms with Gasteiger partial charge in [0.15, 0.2) is 0 Å². The number of ether oxygens (including phenoxy) is 2. The second-order valence-corrected chi connectivity index (χ2v) is 4.97. The van der Waals surface area contributed by atoms with E-state index in [1.807, 2.05) is 0 Å². The molecule has 9 heteroatoms. The SMILES string of the molecule is CC(=O)N[C@H]1[C@H]2OC(C(=O)O)(C[C@@H]1O)O[C@@H]2[C@H](O)CO. The largest absolute Gasteiger partial charge is 0.477 e. The molecule has 0 saturated carbocycles. The lowest BCUT2D eigenvalue weighted by Gasteiger charge is -2.37. The standard InChI is InChI=1S/C11H17NO8/c1-4(14)12-7-5(15)2-11(10(17)18)19-8(6(16)3-13)9(7)20-11/h5-9,13,15-16H,2-3H2,1H3,(H,12,14)(H,17,18)/t5-,6+,7+,8+,9+,11?/m0/s1. The zero-order valence-corrected chi connectivity index (χ0v) is 10.7. The van der Waals surface area contributed by atoms with Gasteiger partial charge in [-0.15, -0.1) is 0 Å². The molecule has 2 heterocycles. The van der Waals surface area contributed by atoms with E-state index in [4.69, 9.17) is 14.6 Å². The van der Waals surface area contributed by atoms with Crippen LogP contribution in [0.1, 0.15) is 13.3 Å². The minimum Gasteiger partial charge on any atom is -0.477 e. The summed E-state index contributed by atoms with van der Waals surface area (Å²) < 4.78 is 10.5. The van der Waals surface area contributed by atoms with Crippen LogP contribution in [0.3, 0.4) is 0 Å². The molecule has 2 bridgehead atoms. The van der Waals surface area contributed by atoms with Gasteiger partial charge in [0.1, 0.15) is 18.3 Å². The molecule has 0 aromatic carbocycles. The van der Waals surface area contributed by atoms with Crippen LogP contribution in [0.2, 0.25) is 0 Å².